The van der Waals surface area contributed by atoms with Gasteiger partial charge in [0.2, 0.25) is 0 Å². The number of hydrogen-bond acceptors (Lipinski definition) is 5. The van der Waals surface area contributed by atoms with Crippen LogP contribution in [0.1, 0.15) is 28.8 Å². The van der Waals surface area contributed by atoms with Gasteiger partial charge in [-0.2, -0.15) is 0 Å². The van der Waals surface area contributed by atoms with Gasteiger partial charge in [-0.3, -0.25) is 4.79 Å². The summed E-state index contributed by atoms with van der Waals surface area (Å²) in [7, 11) is 1.15. The third-order valence-electron chi connectivity index (χ3n) is 3.19. The van der Waals surface area contributed by atoms with Crippen molar-refractivity contribution in [1.82, 2.24) is 0 Å². The van der Waals surface area contributed by atoms with Crippen LogP contribution in [0.3, 0.4) is 0 Å². The van der Waals surface area contributed by atoms with E-state index in [4.69, 9.17) is 5.11 Å². The topological polar surface area (TPSA) is 104 Å². The van der Waals surface area contributed by atoms with Crippen LogP contribution in [-0.2, 0) is 14.9 Å². The second-order valence-corrected chi connectivity index (χ2v) is 4.27. The Hall–Kier alpha value is -2.24. The fraction of sp³-hybridized carbons (Fsp3) is 0.333. The molecule has 1 fully saturated rings. The van der Waals surface area contributed by atoms with Crippen LogP contribution in [0.2, 0.25) is 0 Å². The molecule has 18 heavy (non-hydrogen) atoms. The molecule has 0 heterocycles. The molecule has 0 bridgehead atoms. The predicted molar refractivity (Wildman–Crippen MR) is 59.7 cm³/mol. The van der Waals surface area contributed by atoms with Gasteiger partial charge in [-0.05, 0) is 18.9 Å². The van der Waals surface area contributed by atoms with Crippen molar-refractivity contribution < 1.29 is 29.6 Å². The molecule has 0 aliphatic heterocycles. The molecule has 1 aliphatic rings. The lowest BCUT2D eigenvalue weighted by Crippen LogP contribution is -2.20. The van der Waals surface area contributed by atoms with E-state index in [0.717, 1.165) is 13.2 Å². The van der Waals surface area contributed by atoms with Crippen LogP contribution in [-0.4, -0.2) is 34.4 Å². The molecule has 0 aromatic heterocycles. The number of phenols is 2. The third kappa shape index (κ3) is 1.66. The highest BCUT2D eigenvalue weighted by Crippen LogP contribution is 2.52. The lowest BCUT2D eigenvalue weighted by atomic mass is 9.93. The minimum Gasteiger partial charge on any atom is -0.507 e. The maximum absolute atomic E-state index is 11.4. The Labute approximate surface area is 102 Å². The number of carbonyl (C=O) groups excluding carboxylic acids is 1. The fourth-order valence-electron chi connectivity index (χ4n) is 1.96. The van der Waals surface area contributed by atoms with Gasteiger partial charge in [-0.25, -0.2) is 4.79 Å². The van der Waals surface area contributed by atoms with Gasteiger partial charge in [0.25, 0.3) is 0 Å². The van der Waals surface area contributed by atoms with Crippen molar-refractivity contribution in [3.8, 4) is 11.5 Å². The summed E-state index contributed by atoms with van der Waals surface area (Å²) in [5.41, 5.74) is -1.17. The summed E-state index contributed by atoms with van der Waals surface area (Å²) in [5, 5.41) is 28.4. The first kappa shape index (κ1) is 12.2. The zero-order chi connectivity index (χ0) is 13.5. The van der Waals surface area contributed by atoms with Gasteiger partial charge in [0.05, 0.1) is 12.5 Å². The predicted octanol–water partition coefficient (Wildman–Crippen LogP) is 1.00. The Bertz CT molecular complexity index is 530. The van der Waals surface area contributed by atoms with Gasteiger partial charge < -0.3 is 20.1 Å². The molecule has 0 saturated heterocycles. The fourth-order valence-corrected chi connectivity index (χ4v) is 1.96. The Kier molecular flexibility index (Phi) is 2.65. The van der Waals surface area contributed by atoms with E-state index in [1.807, 2.05) is 0 Å². The smallest absolute Gasteiger partial charge is 0.341 e. The normalized spacial score (nSPS) is 16.1. The first-order valence-electron chi connectivity index (χ1n) is 5.30. The summed E-state index contributed by atoms with van der Waals surface area (Å²) in [4.78, 5) is 22.6. The van der Waals surface area contributed by atoms with Crippen molar-refractivity contribution in [1.29, 1.82) is 0 Å². The second kappa shape index (κ2) is 3.90. The molecule has 2 rings (SSSR count). The van der Waals surface area contributed by atoms with E-state index in [9.17, 15) is 19.8 Å². The van der Waals surface area contributed by atoms with Crippen LogP contribution in [0.25, 0.3) is 0 Å². The van der Waals surface area contributed by atoms with E-state index in [1.54, 1.807) is 0 Å². The largest absolute Gasteiger partial charge is 0.507 e. The second-order valence-electron chi connectivity index (χ2n) is 4.27. The van der Waals surface area contributed by atoms with Crippen LogP contribution in [0.4, 0.5) is 0 Å². The van der Waals surface area contributed by atoms with Crippen molar-refractivity contribution >= 4 is 11.9 Å². The number of aliphatic carboxylic acids is 1. The summed E-state index contributed by atoms with van der Waals surface area (Å²) in [6, 6.07) is 2.14. The third-order valence-corrected chi connectivity index (χ3v) is 3.19. The Morgan fingerprint density at radius 3 is 2.28 bits per heavy atom. The van der Waals surface area contributed by atoms with Crippen molar-refractivity contribution in [3.05, 3.63) is 23.3 Å². The zero-order valence-electron chi connectivity index (χ0n) is 9.64. The lowest BCUT2D eigenvalue weighted by Gasteiger charge is -2.14. The molecule has 1 aromatic rings. The average Bonchev–Trinajstić information content (AvgIpc) is 3.09. The number of ether oxygens (including phenoxy) is 1. The average molecular weight is 252 g/mol. The number of carboxylic acids is 1. The van der Waals surface area contributed by atoms with Crippen LogP contribution in [0.5, 0.6) is 11.5 Å². The molecule has 1 aromatic carbocycles. The quantitative estimate of drug-likeness (QED) is 0.693. The van der Waals surface area contributed by atoms with Gasteiger partial charge in [0, 0.05) is 11.6 Å². The van der Waals surface area contributed by atoms with Crippen LogP contribution in [0, 0.1) is 0 Å². The standard InChI is InChI=1S/C12H12O6/c1-18-10(15)6-4-7(9(14)5-8(6)13)12(2-3-12)11(16)17/h4-5,13-14H,2-3H2,1H3,(H,16,17). The van der Waals surface area contributed by atoms with E-state index in [2.05, 4.69) is 4.74 Å². The van der Waals surface area contributed by atoms with Crippen molar-refractivity contribution in [2.24, 2.45) is 0 Å². The number of benzene rings is 1. The van der Waals surface area contributed by atoms with Crippen molar-refractivity contribution in [3.63, 3.8) is 0 Å². The number of hydrogen-bond donors (Lipinski definition) is 3. The number of methoxy groups -OCH3 is 1. The monoisotopic (exact) mass is 252 g/mol. The first-order chi connectivity index (χ1) is 8.42. The number of carbonyl (C=O) groups is 2. The number of rotatable bonds is 3. The van der Waals surface area contributed by atoms with Gasteiger partial charge >= 0.3 is 11.9 Å². The summed E-state index contributed by atoms with van der Waals surface area (Å²) in [6.07, 6.45) is 0.780. The van der Waals surface area contributed by atoms with E-state index in [1.165, 1.54) is 6.07 Å². The molecule has 0 unspecified atom stereocenters. The van der Waals surface area contributed by atoms with Crippen LogP contribution in [0.15, 0.2) is 12.1 Å². The van der Waals surface area contributed by atoms with Crippen LogP contribution < -0.4 is 0 Å². The van der Waals surface area contributed by atoms with Crippen molar-refractivity contribution in [2.75, 3.05) is 7.11 Å². The molecule has 1 aliphatic carbocycles. The van der Waals surface area contributed by atoms with Crippen LogP contribution >= 0.6 is 0 Å². The number of aromatic hydroxyl groups is 2. The highest BCUT2D eigenvalue weighted by molar-refractivity contribution is 5.94. The summed E-state index contributed by atoms with van der Waals surface area (Å²) in [6.45, 7) is 0. The van der Waals surface area contributed by atoms with E-state index in [-0.39, 0.29) is 16.9 Å². The highest BCUT2D eigenvalue weighted by Gasteiger charge is 2.53. The van der Waals surface area contributed by atoms with Gasteiger partial charge in [0.1, 0.15) is 17.1 Å². The minimum atomic E-state index is -1.15. The zero-order valence-corrected chi connectivity index (χ0v) is 9.64. The molecule has 6 heteroatoms. The molecule has 3 N–H and O–H groups in total. The highest BCUT2D eigenvalue weighted by atomic mass is 16.5. The van der Waals surface area contributed by atoms with Gasteiger partial charge in [-0.1, -0.05) is 0 Å². The van der Waals surface area contributed by atoms with E-state index in [0.29, 0.717) is 12.8 Å². The Balaban J connectivity index is 2.56. The number of esters is 1. The molecule has 0 amide bonds. The maximum Gasteiger partial charge on any atom is 0.341 e. The number of phenolic OH excluding ortho intramolecular Hbond substituents is 2. The van der Waals surface area contributed by atoms with E-state index >= 15 is 0 Å². The molecular weight excluding hydrogens is 240 g/mol. The first-order valence-corrected chi connectivity index (χ1v) is 5.30. The molecular formula is C12H12O6. The molecule has 0 radical (unpaired) electrons. The summed E-state index contributed by atoms with van der Waals surface area (Å²) < 4.78 is 4.48. The molecule has 96 valence electrons. The SMILES string of the molecule is COC(=O)c1cc(C2(C(=O)O)CC2)c(O)cc1O. The lowest BCUT2D eigenvalue weighted by molar-refractivity contribution is -0.140. The van der Waals surface area contributed by atoms with Gasteiger partial charge in [0.15, 0.2) is 0 Å². The summed E-state index contributed by atoms with van der Waals surface area (Å²) >= 11 is 0. The van der Waals surface area contributed by atoms with E-state index < -0.39 is 23.1 Å². The molecule has 0 atom stereocenters. The summed E-state index contributed by atoms with van der Waals surface area (Å²) in [5.74, 6) is -2.61. The van der Waals surface area contributed by atoms with Crippen molar-refractivity contribution in [2.45, 2.75) is 18.3 Å². The Morgan fingerprint density at radius 1 is 1.22 bits per heavy atom. The Morgan fingerprint density at radius 2 is 1.83 bits per heavy atom. The number of carboxylic acid groups (broad SMARTS) is 1. The minimum absolute atomic E-state index is 0.133. The molecule has 1 saturated carbocycles. The maximum atomic E-state index is 11.4. The molecule has 6 nitrogen and oxygen atoms in total. The molecule has 0 spiro atoms. The van der Waals surface area contributed by atoms with Gasteiger partial charge in [-0.15, -0.1) is 0 Å².